The Labute approximate surface area is 125 Å². The number of piperidine rings is 1. The molecule has 21 heavy (non-hydrogen) atoms. The molecule has 2 aliphatic heterocycles. The zero-order chi connectivity index (χ0) is 14.8. The van der Waals surface area contributed by atoms with E-state index in [-0.39, 0.29) is 5.91 Å². The van der Waals surface area contributed by atoms with Gasteiger partial charge in [-0.2, -0.15) is 5.26 Å². The SMILES string of the molecule is Cc1ccc(C#N)cc1NC(=O)CC1CC2CCC(C1)N2. The van der Waals surface area contributed by atoms with Gasteiger partial charge in [-0.1, -0.05) is 6.07 Å². The largest absolute Gasteiger partial charge is 0.326 e. The highest BCUT2D eigenvalue weighted by atomic mass is 16.1. The van der Waals surface area contributed by atoms with Crippen LogP contribution in [0.2, 0.25) is 0 Å². The van der Waals surface area contributed by atoms with Crippen molar-refractivity contribution in [3.8, 4) is 6.07 Å². The monoisotopic (exact) mass is 283 g/mol. The van der Waals surface area contributed by atoms with Gasteiger partial charge in [-0.05, 0) is 56.2 Å². The van der Waals surface area contributed by atoms with Gasteiger partial charge in [0.05, 0.1) is 11.6 Å². The van der Waals surface area contributed by atoms with Gasteiger partial charge in [-0.25, -0.2) is 0 Å². The molecule has 2 heterocycles. The van der Waals surface area contributed by atoms with Gasteiger partial charge in [0.25, 0.3) is 0 Å². The Bertz CT molecular complexity index is 578. The van der Waals surface area contributed by atoms with E-state index in [1.54, 1.807) is 12.1 Å². The topological polar surface area (TPSA) is 64.9 Å². The molecule has 2 unspecified atom stereocenters. The average Bonchev–Trinajstić information content (AvgIpc) is 2.80. The van der Waals surface area contributed by atoms with Crippen molar-refractivity contribution in [2.24, 2.45) is 5.92 Å². The van der Waals surface area contributed by atoms with Crippen LogP contribution in [-0.4, -0.2) is 18.0 Å². The van der Waals surface area contributed by atoms with E-state index in [1.807, 2.05) is 13.0 Å². The number of amides is 1. The van der Waals surface area contributed by atoms with Crippen LogP contribution in [0.4, 0.5) is 5.69 Å². The first kappa shape index (κ1) is 14.1. The van der Waals surface area contributed by atoms with Crippen LogP contribution in [0.5, 0.6) is 0 Å². The molecule has 3 rings (SSSR count). The highest BCUT2D eigenvalue weighted by molar-refractivity contribution is 5.91. The maximum Gasteiger partial charge on any atom is 0.224 e. The van der Waals surface area contributed by atoms with Crippen molar-refractivity contribution in [3.05, 3.63) is 29.3 Å². The molecule has 2 aliphatic rings. The summed E-state index contributed by atoms with van der Waals surface area (Å²) in [5.41, 5.74) is 2.33. The Balaban J connectivity index is 1.60. The summed E-state index contributed by atoms with van der Waals surface area (Å²) in [5.74, 6) is 0.558. The van der Waals surface area contributed by atoms with Crippen LogP contribution in [0.1, 0.15) is 43.2 Å². The van der Waals surface area contributed by atoms with Gasteiger partial charge >= 0.3 is 0 Å². The van der Waals surface area contributed by atoms with Crippen LogP contribution in [0.3, 0.4) is 0 Å². The molecule has 0 aromatic heterocycles. The van der Waals surface area contributed by atoms with Gasteiger partial charge < -0.3 is 10.6 Å². The molecule has 1 aromatic carbocycles. The molecule has 2 N–H and O–H groups in total. The van der Waals surface area contributed by atoms with E-state index in [0.29, 0.717) is 30.0 Å². The van der Waals surface area contributed by atoms with Crippen LogP contribution in [0, 0.1) is 24.2 Å². The van der Waals surface area contributed by atoms with Gasteiger partial charge in [0, 0.05) is 24.2 Å². The van der Waals surface area contributed by atoms with Gasteiger partial charge in [0.1, 0.15) is 0 Å². The maximum atomic E-state index is 12.3. The molecule has 4 heteroatoms. The second kappa shape index (κ2) is 5.87. The minimum Gasteiger partial charge on any atom is -0.326 e. The van der Waals surface area contributed by atoms with Gasteiger partial charge in [0.2, 0.25) is 5.91 Å². The molecule has 0 aliphatic carbocycles. The summed E-state index contributed by atoms with van der Waals surface area (Å²) in [5, 5.41) is 15.5. The molecule has 1 aromatic rings. The van der Waals surface area contributed by atoms with Crippen molar-refractivity contribution >= 4 is 11.6 Å². The van der Waals surface area contributed by atoms with Crippen LogP contribution in [-0.2, 0) is 4.79 Å². The lowest BCUT2D eigenvalue weighted by Crippen LogP contribution is -2.39. The van der Waals surface area contributed by atoms with E-state index in [1.165, 1.54) is 12.8 Å². The molecular formula is C17H21N3O. The predicted octanol–water partition coefficient (Wildman–Crippen LogP) is 2.73. The third-order valence-electron chi connectivity index (χ3n) is 4.69. The second-order valence-corrected chi connectivity index (χ2v) is 6.37. The van der Waals surface area contributed by atoms with Crippen molar-refractivity contribution in [2.75, 3.05) is 5.32 Å². The first-order valence-corrected chi connectivity index (χ1v) is 7.70. The lowest BCUT2D eigenvalue weighted by molar-refractivity contribution is -0.117. The van der Waals surface area contributed by atoms with Gasteiger partial charge in [0.15, 0.2) is 0 Å². The number of hydrogen-bond donors (Lipinski definition) is 2. The zero-order valence-electron chi connectivity index (χ0n) is 12.4. The second-order valence-electron chi connectivity index (χ2n) is 6.37. The number of nitrogens with one attached hydrogen (secondary N) is 2. The molecule has 2 fully saturated rings. The van der Waals surface area contributed by atoms with Gasteiger partial charge in [-0.15, -0.1) is 0 Å². The Hall–Kier alpha value is -1.86. The molecule has 1 amide bonds. The van der Waals surface area contributed by atoms with Crippen molar-refractivity contribution < 1.29 is 4.79 Å². The first-order chi connectivity index (χ1) is 10.1. The summed E-state index contributed by atoms with van der Waals surface area (Å²) in [6.07, 6.45) is 5.32. The van der Waals surface area contributed by atoms with Crippen molar-refractivity contribution in [3.63, 3.8) is 0 Å². The first-order valence-electron chi connectivity index (χ1n) is 7.70. The Kier molecular flexibility index (Phi) is 3.94. The molecular weight excluding hydrogens is 262 g/mol. The molecule has 2 bridgehead atoms. The van der Waals surface area contributed by atoms with Crippen LogP contribution < -0.4 is 10.6 Å². The van der Waals surface area contributed by atoms with Gasteiger partial charge in [-0.3, -0.25) is 4.79 Å². The number of rotatable bonds is 3. The number of fused-ring (bicyclic) bond motifs is 2. The lowest BCUT2D eigenvalue weighted by atomic mass is 9.89. The number of hydrogen-bond acceptors (Lipinski definition) is 3. The number of carbonyl (C=O) groups excluding carboxylic acids is 1. The molecule has 0 spiro atoms. The fourth-order valence-corrected chi connectivity index (χ4v) is 3.63. The van der Waals surface area contributed by atoms with Crippen molar-refractivity contribution in [1.82, 2.24) is 5.32 Å². The molecule has 2 saturated heterocycles. The Morgan fingerprint density at radius 2 is 2.10 bits per heavy atom. The molecule has 4 nitrogen and oxygen atoms in total. The van der Waals surface area contributed by atoms with Crippen LogP contribution in [0.25, 0.3) is 0 Å². The van der Waals surface area contributed by atoms with E-state index in [4.69, 9.17) is 5.26 Å². The maximum absolute atomic E-state index is 12.3. The standard InChI is InChI=1S/C17H21N3O/c1-11-2-3-12(10-18)8-16(11)20-17(21)9-13-6-14-4-5-15(7-13)19-14/h2-3,8,13-15,19H,4-7,9H2,1H3,(H,20,21). The van der Waals surface area contributed by atoms with E-state index in [0.717, 1.165) is 24.1 Å². The highest BCUT2D eigenvalue weighted by Gasteiger charge is 2.34. The third-order valence-corrected chi connectivity index (χ3v) is 4.69. The molecule has 110 valence electrons. The summed E-state index contributed by atoms with van der Waals surface area (Å²) in [6.45, 7) is 1.95. The predicted molar refractivity (Wildman–Crippen MR) is 81.8 cm³/mol. The third kappa shape index (κ3) is 3.25. The van der Waals surface area contributed by atoms with E-state index in [2.05, 4.69) is 16.7 Å². The number of benzene rings is 1. The quantitative estimate of drug-likeness (QED) is 0.896. The zero-order valence-corrected chi connectivity index (χ0v) is 12.4. The molecule has 0 radical (unpaired) electrons. The van der Waals surface area contributed by atoms with Crippen LogP contribution in [0.15, 0.2) is 18.2 Å². The number of aryl methyl sites for hydroxylation is 1. The molecule has 2 atom stereocenters. The minimum absolute atomic E-state index is 0.0690. The fraction of sp³-hybridized carbons (Fsp3) is 0.529. The van der Waals surface area contributed by atoms with Crippen molar-refractivity contribution in [1.29, 1.82) is 5.26 Å². The Morgan fingerprint density at radius 1 is 1.38 bits per heavy atom. The Morgan fingerprint density at radius 3 is 2.76 bits per heavy atom. The van der Waals surface area contributed by atoms with E-state index in [9.17, 15) is 4.79 Å². The lowest BCUT2D eigenvalue weighted by Gasteiger charge is -2.28. The average molecular weight is 283 g/mol. The normalized spacial score (nSPS) is 27.1. The number of anilines is 1. The van der Waals surface area contributed by atoms with E-state index < -0.39 is 0 Å². The number of nitriles is 1. The molecule has 0 saturated carbocycles. The minimum atomic E-state index is 0.0690. The summed E-state index contributed by atoms with van der Waals surface area (Å²) >= 11 is 0. The van der Waals surface area contributed by atoms with Crippen LogP contribution >= 0.6 is 0 Å². The number of carbonyl (C=O) groups is 1. The van der Waals surface area contributed by atoms with Crippen molar-refractivity contribution in [2.45, 2.75) is 51.1 Å². The summed E-state index contributed by atoms with van der Waals surface area (Å²) < 4.78 is 0. The van der Waals surface area contributed by atoms with E-state index >= 15 is 0 Å². The summed E-state index contributed by atoms with van der Waals surface area (Å²) in [7, 11) is 0. The smallest absolute Gasteiger partial charge is 0.224 e. The summed E-state index contributed by atoms with van der Waals surface area (Å²) in [4.78, 5) is 12.3. The summed E-state index contributed by atoms with van der Waals surface area (Å²) in [6, 6.07) is 8.74. The highest BCUT2D eigenvalue weighted by Crippen LogP contribution is 2.32. The fourth-order valence-electron chi connectivity index (χ4n) is 3.63. The number of nitrogens with zero attached hydrogens (tertiary/aromatic N) is 1.